The van der Waals surface area contributed by atoms with Gasteiger partial charge in [-0.1, -0.05) is 59.9 Å². The van der Waals surface area contributed by atoms with Gasteiger partial charge in [-0.2, -0.15) is 5.26 Å². The number of nitrogens with zero attached hydrogens (tertiary/aromatic N) is 3. The fourth-order valence-corrected chi connectivity index (χ4v) is 4.39. The minimum atomic E-state index is -0.00592. The molecule has 1 aliphatic rings. The molecule has 1 heterocycles. The Kier molecular flexibility index (Phi) is 6.15. The van der Waals surface area contributed by atoms with Gasteiger partial charge in [-0.3, -0.25) is 4.79 Å². The number of para-hydroxylation sites is 2. The minimum absolute atomic E-state index is 0.00592. The van der Waals surface area contributed by atoms with Crippen LogP contribution in [0.2, 0.25) is 0 Å². The molecule has 0 atom stereocenters. The predicted octanol–water partition coefficient (Wildman–Crippen LogP) is 4.60. The van der Waals surface area contributed by atoms with Gasteiger partial charge in [-0.15, -0.1) is 0 Å². The first-order valence-corrected chi connectivity index (χ1v) is 9.89. The van der Waals surface area contributed by atoms with Crippen LogP contribution in [0.3, 0.4) is 0 Å². The zero-order valence-electron chi connectivity index (χ0n) is 13.6. The molecule has 0 bridgehead atoms. The number of thioether (sulfide) groups is 2. The zero-order valence-corrected chi connectivity index (χ0v) is 15.2. The van der Waals surface area contributed by atoms with Gasteiger partial charge >= 0.3 is 0 Å². The van der Waals surface area contributed by atoms with Gasteiger partial charge in [0, 0.05) is 18.0 Å². The first kappa shape index (κ1) is 17.6. The van der Waals surface area contributed by atoms with Gasteiger partial charge in [-0.25, -0.2) is 4.99 Å². The SMILES string of the molecule is N#CCCN(C(=O)CSC1=Nc2ccccc2CS1)c1ccccc1. The van der Waals surface area contributed by atoms with Crippen molar-refractivity contribution in [2.45, 2.75) is 12.2 Å². The van der Waals surface area contributed by atoms with E-state index in [0.717, 1.165) is 21.5 Å². The van der Waals surface area contributed by atoms with E-state index in [2.05, 4.69) is 17.1 Å². The number of amides is 1. The number of nitriles is 1. The Balaban J connectivity index is 1.66. The lowest BCUT2D eigenvalue weighted by atomic mass is 10.2. The molecule has 1 aliphatic heterocycles. The molecule has 0 fully saturated rings. The molecule has 2 aromatic carbocycles. The summed E-state index contributed by atoms with van der Waals surface area (Å²) in [6, 6.07) is 19.7. The number of fused-ring (bicyclic) bond motifs is 1. The summed E-state index contributed by atoms with van der Waals surface area (Å²) < 4.78 is 0.917. The van der Waals surface area contributed by atoms with Crippen molar-refractivity contribution < 1.29 is 4.79 Å². The molecular weight excluding hydrogens is 350 g/mol. The molecule has 0 N–H and O–H groups in total. The zero-order chi connectivity index (χ0) is 17.5. The first-order valence-electron chi connectivity index (χ1n) is 7.92. The summed E-state index contributed by atoms with van der Waals surface area (Å²) in [5.41, 5.74) is 3.04. The maximum absolute atomic E-state index is 12.7. The van der Waals surface area contributed by atoms with Crippen molar-refractivity contribution in [1.29, 1.82) is 5.26 Å². The van der Waals surface area contributed by atoms with Gasteiger partial charge in [0.15, 0.2) is 0 Å². The first-order chi connectivity index (χ1) is 12.3. The maximum atomic E-state index is 12.7. The highest BCUT2D eigenvalue weighted by molar-refractivity contribution is 8.38. The number of benzene rings is 2. The Labute approximate surface area is 155 Å². The summed E-state index contributed by atoms with van der Waals surface area (Å²) in [4.78, 5) is 19.0. The third kappa shape index (κ3) is 4.65. The highest BCUT2D eigenvalue weighted by Crippen LogP contribution is 2.34. The van der Waals surface area contributed by atoms with Crippen molar-refractivity contribution in [3.05, 3.63) is 60.2 Å². The van der Waals surface area contributed by atoms with E-state index in [1.165, 1.54) is 17.3 Å². The van der Waals surface area contributed by atoms with Crippen LogP contribution < -0.4 is 4.90 Å². The fraction of sp³-hybridized carbons (Fsp3) is 0.211. The van der Waals surface area contributed by atoms with Crippen molar-refractivity contribution in [1.82, 2.24) is 0 Å². The molecule has 3 rings (SSSR count). The van der Waals surface area contributed by atoms with Crippen molar-refractivity contribution in [3.8, 4) is 6.07 Å². The van der Waals surface area contributed by atoms with Crippen LogP contribution in [-0.4, -0.2) is 22.6 Å². The molecule has 2 aromatic rings. The van der Waals surface area contributed by atoms with Crippen molar-refractivity contribution >= 4 is 45.2 Å². The van der Waals surface area contributed by atoms with Crippen LogP contribution in [0.4, 0.5) is 11.4 Å². The van der Waals surface area contributed by atoms with E-state index >= 15 is 0 Å². The summed E-state index contributed by atoms with van der Waals surface area (Å²) in [5.74, 6) is 1.19. The Hall–Kier alpha value is -2.23. The van der Waals surface area contributed by atoms with Gasteiger partial charge in [0.1, 0.15) is 4.38 Å². The molecule has 0 spiro atoms. The summed E-state index contributed by atoms with van der Waals surface area (Å²) in [6.45, 7) is 0.405. The summed E-state index contributed by atoms with van der Waals surface area (Å²) >= 11 is 3.13. The Morgan fingerprint density at radius 3 is 2.76 bits per heavy atom. The van der Waals surface area contributed by atoms with Crippen molar-refractivity contribution in [3.63, 3.8) is 0 Å². The molecule has 0 aliphatic carbocycles. The molecule has 6 heteroatoms. The van der Waals surface area contributed by atoms with Crippen LogP contribution >= 0.6 is 23.5 Å². The molecule has 4 nitrogen and oxygen atoms in total. The number of carbonyl (C=O) groups is 1. The lowest BCUT2D eigenvalue weighted by Gasteiger charge is -2.22. The molecule has 126 valence electrons. The molecule has 25 heavy (non-hydrogen) atoms. The highest BCUT2D eigenvalue weighted by Gasteiger charge is 2.18. The predicted molar refractivity (Wildman–Crippen MR) is 106 cm³/mol. The summed E-state index contributed by atoms with van der Waals surface area (Å²) in [5, 5.41) is 8.85. The third-order valence-electron chi connectivity index (χ3n) is 3.69. The minimum Gasteiger partial charge on any atom is -0.311 e. The lowest BCUT2D eigenvalue weighted by molar-refractivity contribution is -0.116. The summed E-state index contributed by atoms with van der Waals surface area (Å²) in [6.07, 6.45) is 0.314. The van der Waals surface area contributed by atoms with E-state index in [9.17, 15) is 4.79 Å². The van der Waals surface area contributed by atoms with Crippen molar-refractivity contribution in [2.24, 2.45) is 4.99 Å². The monoisotopic (exact) mass is 367 g/mol. The lowest BCUT2D eigenvalue weighted by Crippen LogP contribution is -2.33. The molecule has 0 saturated heterocycles. The number of rotatable bonds is 5. The number of hydrogen-bond donors (Lipinski definition) is 0. The Morgan fingerprint density at radius 2 is 1.96 bits per heavy atom. The average Bonchev–Trinajstić information content (AvgIpc) is 2.67. The number of carbonyl (C=O) groups excluding carboxylic acids is 1. The molecule has 0 unspecified atom stereocenters. The van der Waals surface area contributed by atoms with E-state index in [1.807, 2.05) is 48.5 Å². The topological polar surface area (TPSA) is 56.5 Å². The molecule has 1 amide bonds. The standard InChI is InChI=1S/C19H17N3OS2/c20-11-6-12-22(16-8-2-1-3-9-16)18(23)14-25-19-21-17-10-5-4-7-15(17)13-24-19/h1-5,7-10H,6,12-14H2. The second kappa shape index (κ2) is 8.75. The third-order valence-corrected chi connectivity index (χ3v) is 5.92. The second-order valence-electron chi connectivity index (χ2n) is 5.37. The highest BCUT2D eigenvalue weighted by atomic mass is 32.2. The van der Waals surface area contributed by atoms with Crippen LogP contribution in [0, 0.1) is 11.3 Å². The van der Waals surface area contributed by atoms with Crippen LogP contribution in [0.5, 0.6) is 0 Å². The number of hydrogen-bond acceptors (Lipinski definition) is 5. The molecule has 0 saturated carbocycles. The van der Waals surface area contributed by atoms with Crippen LogP contribution in [0.1, 0.15) is 12.0 Å². The smallest absolute Gasteiger partial charge is 0.237 e. The summed E-state index contributed by atoms with van der Waals surface area (Å²) in [7, 11) is 0. The van der Waals surface area contributed by atoms with Crippen LogP contribution in [0.15, 0.2) is 59.6 Å². The number of anilines is 1. The van der Waals surface area contributed by atoms with E-state index in [-0.39, 0.29) is 5.91 Å². The van der Waals surface area contributed by atoms with Crippen molar-refractivity contribution in [2.75, 3.05) is 17.2 Å². The van der Waals surface area contributed by atoms with Crippen LogP contribution in [0.25, 0.3) is 0 Å². The molecular formula is C19H17N3OS2. The molecule has 0 radical (unpaired) electrons. The number of aliphatic imine (C=N–C) groups is 1. The van der Waals surface area contributed by atoms with Gasteiger partial charge in [0.25, 0.3) is 0 Å². The normalized spacial score (nSPS) is 12.7. The van der Waals surface area contributed by atoms with E-state index < -0.39 is 0 Å². The van der Waals surface area contributed by atoms with Gasteiger partial charge in [0.2, 0.25) is 5.91 Å². The Bertz CT molecular complexity index is 815. The van der Waals surface area contributed by atoms with Gasteiger partial charge in [0.05, 0.1) is 23.9 Å². The van der Waals surface area contributed by atoms with Crippen LogP contribution in [-0.2, 0) is 10.5 Å². The van der Waals surface area contributed by atoms with Gasteiger partial charge < -0.3 is 4.90 Å². The Morgan fingerprint density at radius 1 is 1.20 bits per heavy atom. The van der Waals surface area contributed by atoms with Gasteiger partial charge in [-0.05, 0) is 23.8 Å². The average molecular weight is 367 g/mol. The molecule has 0 aromatic heterocycles. The van der Waals surface area contributed by atoms with E-state index in [0.29, 0.717) is 18.7 Å². The van der Waals surface area contributed by atoms with E-state index in [4.69, 9.17) is 5.26 Å². The second-order valence-corrected chi connectivity index (χ2v) is 7.56. The largest absolute Gasteiger partial charge is 0.311 e. The quantitative estimate of drug-likeness (QED) is 0.775. The van der Waals surface area contributed by atoms with E-state index in [1.54, 1.807) is 16.7 Å². The maximum Gasteiger partial charge on any atom is 0.237 e. The fourth-order valence-electron chi connectivity index (χ4n) is 2.45.